The molecule has 0 aliphatic heterocycles. The molecule has 1 N–H and O–H groups in total. The van der Waals surface area contributed by atoms with Crippen LogP contribution in [0.3, 0.4) is 0 Å². The molecule has 0 spiro atoms. The van der Waals surface area contributed by atoms with Crippen molar-refractivity contribution in [2.75, 3.05) is 31.4 Å². The summed E-state index contributed by atoms with van der Waals surface area (Å²) in [4.78, 5) is 12.4. The van der Waals surface area contributed by atoms with Crippen LogP contribution in [0.5, 0.6) is 5.75 Å². The Bertz CT molecular complexity index is 1100. The Hall–Kier alpha value is -1.99. The minimum Gasteiger partial charge on any atom is -0.489 e. The van der Waals surface area contributed by atoms with Crippen LogP contribution in [0, 0.1) is 0 Å². The molecule has 1 aromatic heterocycles. The van der Waals surface area contributed by atoms with Gasteiger partial charge in [0.05, 0.1) is 23.6 Å². The Kier molecular flexibility index (Phi) is 9.89. The molecule has 0 fully saturated rings. The van der Waals surface area contributed by atoms with Crippen molar-refractivity contribution in [3.63, 3.8) is 0 Å². The average molecular weight is 550 g/mol. The van der Waals surface area contributed by atoms with Gasteiger partial charge in [-0.05, 0) is 35.9 Å². The van der Waals surface area contributed by atoms with Crippen LogP contribution in [0.15, 0.2) is 51.1 Å². The van der Waals surface area contributed by atoms with E-state index in [1.807, 2.05) is 24.3 Å². The quantitative estimate of drug-likeness (QED) is 0.223. The highest BCUT2D eigenvalue weighted by molar-refractivity contribution is 8.03. The van der Waals surface area contributed by atoms with Crippen molar-refractivity contribution in [2.45, 2.75) is 20.6 Å². The number of benzene rings is 2. The highest BCUT2D eigenvalue weighted by atomic mass is 35.5. The summed E-state index contributed by atoms with van der Waals surface area (Å²) in [7, 11) is 1.48. The van der Waals surface area contributed by atoms with Gasteiger partial charge in [-0.15, -0.1) is 10.2 Å². The van der Waals surface area contributed by atoms with Crippen molar-refractivity contribution >= 4 is 58.1 Å². The Balaban J connectivity index is 1.56. The minimum atomic E-state index is -4.55. The maximum Gasteiger partial charge on any atom is 0.416 e. The highest BCUT2D eigenvalue weighted by Crippen LogP contribution is 2.35. The standard InChI is InChI=1S/C21H19ClF3N3O3S3/c1-30-8-9-31-17-7-4-14(21(23,24)25)10-16(17)26-18(29)12-33-20-28-27-19(34-20)32-11-13-2-5-15(22)6-3-13/h2-7,10H,8-9,11-12H2,1H3,(H,26,29). The number of ether oxygens (including phenoxy) is 2. The molecule has 0 saturated carbocycles. The third kappa shape index (κ3) is 8.35. The SMILES string of the molecule is COCCOc1ccc(C(F)(F)F)cc1NC(=O)CSc1nnc(SCc2ccc(Cl)cc2)s1. The van der Waals surface area contributed by atoms with Crippen molar-refractivity contribution < 1.29 is 27.4 Å². The van der Waals surface area contributed by atoms with Crippen molar-refractivity contribution in [1.82, 2.24) is 10.2 Å². The van der Waals surface area contributed by atoms with Gasteiger partial charge in [0.15, 0.2) is 8.68 Å². The Labute approximate surface area is 211 Å². The maximum absolute atomic E-state index is 13.1. The van der Waals surface area contributed by atoms with Crippen molar-refractivity contribution in [3.05, 3.63) is 58.6 Å². The van der Waals surface area contributed by atoms with Crippen molar-refractivity contribution in [3.8, 4) is 5.75 Å². The molecule has 34 heavy (non-hydrogen) atoms. The lowest BCUT2D eigenvalue weighted by Crippen LogP contribution is -2.16. The summed E-state index contributed by atoms with van der Waals surface area (Å²) >= 11 is 9.88. The number of hydrogen-bond acceptors (Lipinski definition) is 8. The van der Waals surface area contributed by atoms with E-state index >= 15 is 0 Å². The van der Waals surface area contributed by atoms with E-state index in [1.54, 1.807) is 0 Å². The molecule has 182 valence electrons. The van der Waals surface area contributed by atoms with Gasteiger partial charge in [0.25, 0.3) is 0 Å². The fraction of sp³-hybridized carbons (Fsp3) is 0.286. The number of amides is 1. The normalized spacial score (nSPS) is 11.4. The Morgan fingerprint density at radius 1 is 1.09 bits per heavy atom. The highest BCUT2D eigenvalue weighted by Gasteiger charge is 2.31. The monoisotopic (exact) mass is 549 g/mol. The van der Waals surface area contributed by atoms with Crippen LogP contribution in [-0.4, -0.2) is 42.2 Å². The third-order valence-corrected chi connectivity index (χ3v) is 7.63. The molecule has 3 aromatic rings. The number of anilines is 1. The van der Waals surface area contributed by atoms with Gasteiger partial charge in [-0.3, -0.25) is 4.79 Å². The first kappa shape index (κ1) is 26.6. The summed E-state index contributed by atoms with van der Waals surface area (Å²) in [6, 6.07) is 10.4. The summed E-state index contributed by atoms with van der Waals surface area (Å²) in [5, 5.41) is 11.3. The van der Waals surface area contributed by atoms with Gasteiger partial charge in [0.1, 0.15) is 12.4 Å². The fourth-order valence-corrected chi connectivity index (χ4v) is 5.42. The third-order valence-electron chi connectivity index (χ3n) is 4.12. The minimum absolute atomic E-state index is 0.0513. The molecular formula is C21H19ClF3N3O3S3. The topological polar surface area (TPSA) is 73.3 Å². The van der Waals surface area contributed by atoms with Gasteiger partial charge in [0.2, 0.25) is 5.91 Å². The number of nitrogens with one attached hydrogen (secondary N) is 1. The maximum atomic E-state index is 13.1. The van der Waals surface area contributed by atoms with Crippen LogP contribution < -0.4 is 10.1 Å². The number of carbonyl (C=O) groups excluding carboxylic acids is 1. The smallest absolute Gasteiger partial charge is 0.416 e. The molecule has 13 heteroatoms. The first-order valence-electron chi connectivity index (χ1n) is 9.71. The van der Waals surface area contributed by atoms with Crippen LogP contribution in [0.25, 0.3) is 0 Å². The zero-order chi connectivity index (χ0) is 24.6. The first-order chi connectivity index (χ1) is 16.2. The Morgan fingerprint density at radius 2 is 1.79 bits per heavy atom. The predicted octanol–water partition coefficient (Wildman–Crippen LogP) is 6.26. The van der Waals surface area contributed by atoms with E-state index in [0.717, 1.165) is 33.8 Å². The average Bonchev–Trinajstić information content (AvgIpc) is 3.25. The van der Waals surface area contributed by atoms with E-state index in [1.165, 1.54) is 36.3 Å². The lowest BCUT2D eigenvalue weighted by Gasteiger charge is -2.15. The number of methoxy groups -OCH3 is 1. The molecule has 2 aromatic carbocycles. The summed E-state index contributed by atoms with van der Waals surface area (Å²) in [6.07, 6.45) is -4.55. The van der Waals surface area contributed by atoms with Gasteiger partial charge in [-0.25, -0.2) is 0 Å². The van der Waals surface area contributed by atoms with E-state index in [2.05, 4.69) is 15.5 Å². The van der Waals surface area contributed by atoms with Crippen molar-refractivity contribution in [2.24, 2.45) is 0 Å². The molecule has 0 unspecified atom stereocenters. The first-order valence-corrected chi connectivity index (χ1v) is 12.9. The van der Waals surface area contributed by atoms with Gasteiger partial charge in [-0.1, -0.05) is 58.6 Å². The van der Waals surface area contributed by atoms with E-state index in [4.69, 9.17) is 21.1 Å². The van der Waals surface area contributed by atoms with Crippen LogP contribution in [0.2, 0.25) is 5.02 Å². The fourth-order valence-electron chi connectivity index (χ4n) is 2.52. The van der Waals surface area contributed by atoms with E-state index in [0.29, 0.717) is 15.1 Å². The van der Waals surface area contributed by atoms with E-state index in [-0.39, 0.29) is 30.4 Å². The molecule has 6 nitrogen and oxygen atoms in total. The number of aromatic nitrogens is 2. The van der Waals surface area contributed by atoms with Crippen molar-refractivity contribution in [1.29, 1.82) is 0 Å². The largest absolute Gasteiger partial charge is 0.489 e. The second-order valence-corrected chi connectivity index (χ2v) is 10.5. The molecular weight excluding hydrogens is 531 g/mol. The second kappa shape index (κ2) is 12.6. The van der Waals surface area contributed by atoms with Gasteiger partial charge >= 0.3 is 6.18 Å². The number of halogens is 4. The summed E-state index contributed by atoms with van der Waals surface area (Å²) < 4.78 is 51.0. The number of hydrogen-bond donors (Lipinski definition) is 1. The van der Waals surface area contributed by atoms with Crippen LogP contribution in [0.1, 0.15) is 11.1 Å². The zero-order valence-electron chi connectivity index (χ0n) is 17.7. The molecule has 1 amide bonds. The van der Waals surface area contributed by atoms with E-state index in [9.17, 15) is 18.0 Å². The summed E-state index contributed by atoms with van der Waals surface area (Å²) in [5.74, 6) is 0.273. The zero-order valence-corrected chi connectivity index (χ0v) is 20.9. The second-order valence-electron chi connectivity index (χ2n) is 6.64. The van der Waals surface area contributed by atoms with Gasteiger partial charge in [0, 0.05) is 17.9 Å². The molecule has 0 radical (unpaired) electrons. The number of thioether (sulfide) groups is 2. The number of alkyl halides is 3. The molecule has 0 saturated heterocycles. The molecule has 0 aliphatic carbocycles. The summed E-state index contributed by atoms with van der Waals surface area (Å²) in [6.45, 7) is 0.375. The molecule has 0 aliphatic rings. The Morgan fingerprint density at radius 3 is 2.47 bits per heavy atom. The molecule has 0 bridgehead atoms. The lowest BCUT2D eigenvalue weighted by atomic mass is 10.1. The number of carbonyl (C=O) groups is 1. The number of nitrogens with zero attached hydrogens (tertiary/aromatic N) is 2. The van der Waals surface area contributed by atoms with E-state index < -0.39 is 17.6 Å². The molecule has 3 rings (SSSR count). The number of rotatable bonds is 11. The molecule has 0 atom stereocenters. The predicted molar refractivity (Wildman–Crippen MR) is 129 cm³/mol. The molecule has 1 heterocycles. The van der Waals surface area contributed by atoms with Crippen LogP contribution >= 0.6 is 46.5 Å². The van der Waals surface area contributed by atoms with Gasteiger partial charge < -0.3 is 14.8 Å². The van der Waals surface area contributed by atoms with Gasteiger partial charge in [-0.2, -0.15) is 13.2 Å². The summed E-state index contributed by atoms with van der Waals surface area (Å²) in [5.41, 5.74) is 0.136. The van der Waals surface area contributed by atoms with Crippen LogP contribution in [0.4, 0.5) is 18.9 Å². The lowest BCUT2D eigenvalue weighted by molar-refractivity contribution is -0.137. The van der Waals surface area contributed by atoms with Crippen LogP contribution in [-0.2, 0) is 21.5 Å².